The molecule has 0 unspecified atom stereocenters. The number of sulfonamides is 1. The molecule has 11 heteroatoms. The third-order valence-electron chi connectivity index (χ3n) is 7.49. The van der Waals surface area contributed by atoms with Gasteiger partial charge in [-0.1, -0.05) is 90.6 Å². The second kappa shape index (κ2) is 16.1. The average Bonchev–Trinajstić information content (AvgIpc) is 3.04. The summed E-state index contributed by atoms with van der Waals surface area (Å²) in [6.07, 6.45) is 1.74. The molecule has 4 rings (SSSR count). The fraction of sp³-hybridized carbons (Fsp3) is 0.257. The summed E-state index contributed by atoms with van der Waals surface area (Å²) in [5, 5.41) is 3.51. The molecule has 0 spiro atoms. The van der Waals surface area contributed by atoms with Crippen LogP contribution in [-0.4, -0.2) is 44.3 Å². The molecule has 0 aliphatic carbocycles. The summed E-state index contributed by atoms with van der Waals surface area (Å²) in [4.78, 5) is 29.6. The van der Waals surface area contributed by atoms with Gasteiger partial charge in [-0.2, -0.15) is 0 Å². The molecule has 0 aliphatic rings. The second-order valence-corrected chi connectivity index (χ2v) is 13.5. The molecule has 7 nitrogen and oxygen atoms in total. The Bertz CT molecular complexity index is 1720. The number of benzene rings is 4. The van der Waals surface area contributed by atoms with Crippen LogP contribution in [0.25, 0.3) is 0 Å². The van der Waals surface area contributed by atoms with Crippen molar-refractivity contribution in [1.29, 1.82) is 0 Å². The lowest BCUT2D eigenvalue weighted by atomic mass is 10.0. The van der Waals surface area contributed by atoms with E-state index in [-0.39, 0.29) is 33.6 Å². The molecular weight excluding hydrogens is 648 g/mol. The first-order valence-corrected chi connectivity index (χ1v) is 17.1. The molecule has 0 saturated carbocycles. The molecule has 0 radical (unpaired) electrons. The van der Waals surface area contributed by atoms with E-state index in [4.69, 9.17) is 23.2 Å². The van der Waals surface area contributed by atoms with E-state index < -0.39 is 40.2 Å². The van der Waals surface area contributed by atoms with Crippen LogP contribution in [0.3, 0.4) is 0 Å². The third kappa shape index (κ3) is 8.87. The van der Waals surface area contributed by atoms with Gasteiger partial charge < -0.3 is 10.2 Å². The lowest BCUT2D eigenvalue weighted by Gasteiger charge is -2.34. The molecular formula is C35H36Cl2FN3O4S. The molecule has 0 fully saturated rings. The average molecular weight is 685 g/mol. The number of carbonyl (C=O) groups is 2. The molecule has 0 bridgehead atoms. The Morgan fingerprint density at radius 2 is 1.50 bits per heavy atom. The zero-order chi connectivity index (χ0) is 33.3. The van der Waals surface area contributed by atoms with Crippen molar-refractivity contribution in [2.24, 2.45) is 0 Å². The summed E-state index contributed by atoms with van der Waals surface area (Å²) in [6, 6.07) is 24.2. The minimum atomic E-state index is -4.31. The van der Waals surface area contributed by atoms with E-state index in [0.717, 1.165) is 40.4 Å². The maximum absolute atomic E-state index is 14.5. The van der Waals surface area contributed by atoms with E-state index in [1.807, 2.05) is 44.2 Å². The molecule has 0 heterocycles. The van der Waals surface area contributed by atoms with Crippen LogP contribution >= 0.6 is 23.2 Å². The molecule has 0 aromatic heterocycles. The molecule has 2 amide bonds. The van der Waals surface area contributed by atoms with Crippen molar-refractivity contribution in [3.05, 3.63) is 130 Å². The normalized spacial score (nSPS) is 11.9. The fourth-order valence-corrected chi connectivity index (χ4v) is 6.82. The zero-order valence-electron chi connectivity index (χ0n) is 25.6. The molecule has 4 aromatic carbocycles. The van der Waals surface area contributed by atoms with Crippen molar-refractivity contribution < 1.29 is 22.4 Å². The van der Waals surface area contributed by atoms with Crippen molar-refractivity contribution in [3.8, 4) is 0 Å². The lowest BCUT2D eigenvalue weighted by Crippen LogP contribution is -2.53. The highest BCUT2D eigenvalue weighted by Gasteiger charge is 2.35. The second-order valence-electron chi connectivity index (χ2n) is 10.9. The quantitative estimate of drug-likeness (QED) is 0.143. The summed E-state index contributed by atoms with van der Waals surface area (Å²) >= 11 is 13.1. The SMILES string of the molecule is CCCCNC(=O)[C@@H](Cc1ccccc1)N(Cc1c(Cl)cccc1Cl)C(=O)CN(c1ccc(F)cc1)S(=O)(=O)c1ccc(C)cc1. The molecule has 46 heavy (non-hydrogen) atoms. The minimum absolute atomic E-state index is 0.0472. The van der Waals surface area contributed by atoms with Crippen molar-refractivity contribution in [1.82, 2.24) is 10.2 Å². The Kier molecular flexibility index (Phi) is 12.2. The molecule has 4 aromatic rings. The van der Waals surface area contributed by atoms with Crippen LogP contribution < -0.4 is 9.62 Å². The van der Waals surface area contributed by atoms with Crippen molar-refractivity contribution in [2.45, 2.75) is 50.6 Å². The minimum Gasteiger partial charge on any atom is -0.354 e. The van der Waals surface area contributed by atoms with Crippen LogP contribution in [0.4, 0.5) is 10.1 Å². The van der Waals surface area contributed by atoms with E-state index in [2.05, 4.69) is 5.32 Å². The molecule has 0 saturated heterocycles. The van der Waals surface area contributed by atoms with E-state index in [1.54, 1.807) is 30.3 Å². The number of rotatable bonds is 14. The Morgan fingerprint density at radius 3 is 2.11 bits per heavy atom. The lowest BCUT2D eigenvalue weighted by molar-refractivity contribution is -0.140. The smallest absolute Gasteiger partial charge is 0.264 e. The van der Waals surface area contributed by atoms with Crippen LogP contribution in [0.5, 0.6) is 0 Å². The van der Waals surface area contributed by atoms with Gasteiger partial charge in [0.15, 0.2) is 0 Å². The predicted octanol–water partition coefficient (Wildman–Crippen LogP) is 7.19. The maximum atomic E-state index is 14.5. The summed E-state index contributed by atoms with van der Waals surface area (Å²) < 4.78 is 43.0. The van der Waals surface area contributed by atoms with E-state index in [0.29, 0.717) is 12.1 Å². The van der Waals surface area contributed by atoms with Gasteiger partial charge in [-0.3, -0.25) is 13.9 Å². The maximum Gasteiger partial charge on any atom is 0.264 e. The highest BCUT2D eigenvalue weighted by atomic mass is 35.5. The van der Waals surface area contributed by atoms with Gasteiger partial charge in [0.1, 0.15) is 18.4 Å². The van der Waals surface area contributed by atoms with Crippen molar-refractivity contribution in [2.75, 3.05) is 17.4 Å². The monoisotopic (exact) mass is 683 g/mol. The Morgan fingerprint density at radius 1 is 0.870 bits per heavy atom. The van der Waals surface area contributed by atoms with E-state index in [1.165, 1.54) is 29.2 Å². The van der Waals surface area contributed by atoms with Gasteiger partial charge in [-0.15, -0.1) is 0 Å². The number of halogens is 3. The largest absolute Gasteiger partial charge is 0.354 e. The van der Waals surface area contributed by atoms with Gasteiger partial charge >= 0.3 is 0 Å². The molecule has 0 aliphatic heterocycles. The first-order chi connectivity index (χ1) is 22.0. The molecule has 1 N–H and O–H groups in total. The van der Waals surface area contributed by atoms with Crippen LogP contribution in [0.1, 0.15) is 36.5 Å². The van der Waals surface area contributed by atoms with Crippen molar-refractivity contribution in [3.63, 3.8) is 0 Å². The van der Waals surface area contributed by atoms with E-state index >= 15 is 0 Å². The summed E-state index contributed by atoms with van der Waals surface area (Å²) in [7, 11) is -4.31. The number of carbonyl (C=O) groups excluding carboxylic acids is 2. The predicted molar refractivity (Wildman–Crippen MR) is 181 cm³/mol. The summed E-state index contributed by atoms with van der Waals surface area (Å²) in [5.74, 6) is -1.64. The standard InChI is InChI=1S/C35H36Cl2FN3O4S/c1-3-4-21-39-35(43)33(22-26-9-6-5-7-10-26)40(23-30-31(36)11-8-12-32(30)37)34(42)24-41(28-17-15-27(38)16-18-28)46(44,45)29-19-13-25(2)14-20-29/h5-20,33H,3-4,21-24H2,1-2H3,(H,39,43)/t33-/m1/s1. The third-order valence-corrected chi connectivity index (χ3v) is 9.99. The van der Waals surface area contributed by atoms with Gasteiger partial charge in [0.25, 0.3) is 10.0 Å². The number of nitrogens with one attached hydrogen (secondary N) is 1. The van der Waals surface area contributed by atoms with E-state index in [9.17, 15) is 22.4 Å². The Balaban J connectivity index is 1.82. The highest BCUT2D eigenvalue weighted by molar-refractivity contribution is 7.92. The first-order valence-electron chi connectivity index (χ1n) is 14.9. The molecule has 1 atom stereocenters. The number of hydrogen-bond acceptors (Lipinski definition) is 4. The van der Waals surface area contributed by atoms with Gasteiger partial charge in [-0.05, 0) is 67.4 Å². The van der Waals surface area contributed by atoms with Crippen LogP contribution in [0.2, 0.25) is 10.0 Å². The van der Waals surface area contributed by atoms with Gasteiger partial charge in [0, 0.05) is 35.1 Å². The van der Waals surface area contributed by atoms with Gasteiger partial charge in [0.05, 0.1) is 10.6 Å². The number of nitrogens with zero attached hydrogens (tertiary/aromatic N) is 2. The Labute approximate surface area is 280 Å². The van der Waals surface area contributed by atoms with Crippen LogP contribution in [0, 0.1) is 12.7 Å². The van der Waals surface area contributed by atoms with Gasteiger partial charge in [-0.25, -0.2) is 12.8 Å². The van der Waals surface area contributed by atoms with Crippen LogP contribution in [-0.2, 0) is 32.6 Å². The van der Waals surface area contributed by atoms with Crippen LogP contribution in [0.15, 0.2) is 102 Å². The number of hydrogen-bond donors (Lipinski definition) is 1. The summed E-state index contributed by atoms with van der Waals surface area (Å²) in [6.45, 7) is 3.38. The number of amides is 2. The zero-order valence-corrected chi connectivity index (χ0v) is 28.0. The number of unbranched alkanes of at least 4 members (excludes halogenated alkanes) is 1. The summed E-state index contributed by atoms with van der Waals surface area (Å²) in [5.41, 5.74) is 2.14. The number of anilines is 1. The fourth-order valence-electron chi connectivity index (χ4n) is 4.89. The number of aryl methyl sites for hydroxylation is 1. The van der Waals surface area contributed by atoms with Crippen molar-refractivity contribution >= 4 is 50.7 Å². The Hall–Kier alpha value is -3.92. The first kappa shape index (κ1) is 34.9. The topological polar surface area (TPSA) is 86.8 Å². The van der Waals surface area contributed by atoms with Gasteiger partial charge in [0.2, 0.25) is 11.8 Å². The highest BCUT2D eigenvalue weighted by Crippen LogP contribution is 2.29. The molecule has 242 valence electrons.